The van der Waals surface area contributed by atoms with Crippen LogP contribution in [-0.4, -0.2) is 37.1 Å². The summed E-state index contributed by atoms with van der Waals surface area (Å²) in [6, 6.07) is 2.24. The first-order valence-corrected chi connectivity index (χ1v) is 6.07. The van der Waals surface area contributed by atoms with E-state index in [0.29, 0.717) is 26.1 Å². The molecule has 2 fully saturated rings. The molecule has 2 rings (SSSR count). The molecule has 16 heavy (non-hydrogen) atoms. The van der Waals surface area contributed by atoms with Crippen LogP contribution in [0.15, 0.2) is 0 Å². The molecule has 0 atom stereocenters. The molecule has 2 heterocycles. The Morgan fingerprint density at radius 3 is 2.38 bits per heavy atom. The minimum Gasteiger partial charge on any atom is -0.381 e. The topological polar surface area (TPSA) is 53.3 Å². The molecule has 0 aromatic rings. The van der Waals surface area contributed by atoms with Gasteiger partial charge >= 0.3 is 0 Å². The Hall–Kier alpha value is -1.08. The normalized spacial score (nSPS) is 24.8. The van der Waals surface area contributed by atoms with E-state index in [9.17, 15) is 10.1 Å². The second-order valence-electron chi connectivity index (χ2n) is 4.66. The van der Waals surface area contributed by atoms with Gasteiger partial charge in [-0.25, -0.2) is 0 Å². The number of nitriles is 1. The number of likely N-dealkylation sites (tertiary alicyclic amines) is 1. The van der Waals surface area contributed by atoms with Gasteiger partial charge in [0.1, 0.15) is 5.41 Å². The highest BCUT2D eigenvalue weighted by Crippen LogP contribution is 2.32. The first kappa shape index (κ1) is 11.4. The molecule has 0 spiro atoms. The van der Waals surface area contributed by atoms with Crippen LogP contribution in [0.1, 0.15) is 32.1 Å². The maximum Gasteiger partial charge on any atom is 0.243 e. The molecule has 0 unspecified atom stereocenters. The summed E-state index contributed by atoms with van der Waals surface area (Å²) in [6.45, 7) is 2.71. The van der Waals surface area contributed by atoms with Gasteiger partial charge in [0.15, 0.2) is 0 Å². The SMILES string of the molecule is N#CC1(C(=O)N2CCCCC2)CCOCC1. The smallest absolute Gasteiger partial charge is 0.243 e. The number of amides is 1. The second-order valence-corrected chi connectivity index (χ2v) is 4.66. The predicted octanol–water partition coefficient (Wildman–Crippen LogP) is 1.32. The van der Waals surface area contributed by atoms with E-state index in [4.69, 9.17) is 4.74 Å². The van der Waals surface area contributed by atoms with Crippen LogP contribution in [-0.2, 0) is 9.53 Å². The van der Waals surface area contributed by atoms with Crippen molar-refractivity contribution in [2.45, 2.75) is 32.1 Å². The Labute approximate surface area is 96.2 Å². The van der Waals surface area contributed by atoms with E-state index in [0.717, 1.165) is 25.9 Å². The Morgan fingerprint density at radius 2 is 1.81 bits per heavy atom. The molecule has 2 aliphatic rings. The molecule has 0 bridgehead atoms. The quantitative estimate of drug-likeness (QED) is 0.672. The number of ether oxygens (including phenoxy) is 1. The zero-order valence-corrected chi connectivity index (χ0v) is 9.57. The number of piperidine rings is 1. The van der Waals surface area contributed by atoms with E-state index >= 15 is 0 Å². The summed E-state index contributed by atoms with van der Waals surface area (Å²) in [5, 5.41) is 9.29. The van der Waals surface area contributed by atoms with Gasteiger partial charge < -0.3 is 9.64 Å². The largest absolute Gasteiger partial charge is 0.381 e. The van der Waals surface area contributed by atoms with E-state index in [1.165, 1.54) is 6.42 Å². The fraction of sp³-hybridized carbons (Fsp3) is 0.833. The molecule has 88 valence electrons. The van der Waals surface area contributed by atoms with Gasteiger partial charge in [0.25, 0.3) is 0 Å². The van der Waals surface area contributed by atoms with Crippen molar-refractivity contribution in [2.75, 3.05) is 26.3 Å². The standard InChI is InChI=1S/C12H18N2O2/c13-10-12(4-8-16-9-5-12)11(15)14-6-2-1-3-7-14/h1-9H2. The fourth-order valence-electron chi connectivity index (χ4n) is 2.49. The van der Waals surface area contributed by atoms with Gasteiger partial charge in [0.05, 0.1) is 6.07 Å². The predicted molar refractivity (Wildman–Crippen MR) is 58.5 cm³/mol. The van der Waals surface area contributed by atoms with Crippen LogP contribution in [0.3, 0.4) is 0 Å². The monoisotopic (exact) mass is 222 g/mol. The summed E-state index contributed by atoms with van der Waals surface area (Å²) in [7, 11) is 0. The molecule has 0 aromatic carbocycles. The minimum absolute atomic E-state index is 0.0398. The third-order valence-corrected chi connectivity index (χ3v) is 3.61. The molecular weight excluding hydrogens is 204 g/mol. The highest BCUT2D eigenvalue weighted by molar-refractivity contribution is 5.85. The van der Waals surface area contributed by atoms with Crippen LogP contribution < -0.4 is 0 Å². The lowest BCUT2D eigenvalue weighted by Gasteiger charge is -2.36. The Balaban J connectivity index is 2.08. The van der Waals surface area contributed by atoms with Crippen molar-refractivity contribution < 1.29 is 9.53 Å². The third kappa shape index (κ3) is 2.05. The molecule has 0 saturated carbocycles. The molecule has 0 aliphatic carbocycles. The van der Waals surface area contributed by atoms with Crippen molar-refractivity contribution in [1.82, 2.24) is 4.90 Å². The van der Waals surface area contributed by atoms with Crippen molar-refractivity contribution >= 4 is 5.91 Å². The van der Waals surface area contributed by atoms with Crippen molar-refractivity contribution in [3.05, 3.63) is 0 Å². The van der Waals surface area contributed by atoms with Crippen molar-refractivity contribution in [1.29, 1.82) is 5.26 Å². The lowest BCUT2D eigenvalue weighted by Crippen LogP contribution is -2.48. The lowest BCUT2D eigenvalue weighted by atomic mass is 9.80. The number of rotatable bonds is 1. The van der Waals surface area contributed by atoms with E-state index in [1.807, 2.05) is 4.90 Å². The average molecular weight is 222 g/mol. The molecule has 1 amide bonds. The summed E-state index contributed by atoms with van der Waals surface area (Å²) in [5.41, 5.74) is -0.796. The van der Waals surface area contributed by atoms with Gasteiger partial charge in [-0.3, -0.25) is 4.79 Å². The van der Waals surface area contributed by atoms with Gasteiger partial charge in [-0.05, 0) is 32.1 Å². The fourth-order valence-corrected chi connectivity index (χ4v) is 2.49. The van der Waals surface area contributed by atoms with Crippen LogP contribution in [0.25, 0.3) is 0 Å². The average Bonchev–Trinajstić information content (AvgIpc) is 2.39. The number of nitrogens with zero attached hydrogens (tertiary/aromatic N) is 2. The number of hydrogen-bond donors (Lipinski definition) is 0. The Bertz CT molecular complexity index is 297. The number of hydrogen-bond acceptors (Lipinski definition) is 3. The molecule has 2 aliphatic heterocycles. The van der Waals surface area contributed by atoms with Gasteiger partial charge in [0, 0.05) is 26.3 Å². The highest BCUT2D eigenvalue weighted by atomic mass is 16.5. The molecule has 0 radical (unpaired) electrons. The van der Waals surface area contributed by atoms with E-state index < -0.39 is 5.41 Å². The molecule has 2 saturated heterocycles. The first-order valence-electron chi connectivity index (χ1n) is 6.07. The molecule has 4 nitrogen and oxygen atoms in total. The first-order chi connectivity index (χ1) is 7.78. The Morgan fingerprint density at radius 1 is 1.19 bits per heavy atom. The number of carbonyl (C=O) groups excluding carboxylic acids is 1. The van der Waals surface area contributed by atoms with Crippen LogP contribution in [0.2, 0.25) is 0 Å². The van der Waals surface area contributed by atoms with Crippen molar-refractivity contribution in [3.8, 4) is 6.07 Å². The highest BCUT2D eigenvalue weighted by Gasteiger charge is 2.43. The van der Waals surface area contributed by atoms with Crippen molar-refractivity contribution in [2.24, 2.45) is 5.41 Å². The van der Waals surface area contributed by atoms with E-state index in [-0.39, 0.29) is 5.91 Å². The van der Waals surface area contributed by atoms with Gasteiger partial charge in [-0.15, -0.1) is 0 Å². The minimum atomic E-state index is -0.796. The summed E-state index contributed by atoms with van der Waals surface area (Å²) in [5.74, 6) is 0.0398. The van der Waals surface area contributed by atoms with Crippen LogP contribution in [0, 0.1) is 16.7 Å². The lowest BCUT2D eigenvalue weighted by molar-refractivity contribution is -0.144. The molecule has 4 heteroatoms. The van der Waals surface area contributed by atoms with E-state index in [1.54, 1.807) is 0 Å². The third-order valence-electron chi connectivity index (χ3n) is 3.61. The maximum absolute atomic E-state index is 12.4. The maximum atomic E-state index is 12.4. The van der Waals surface area contributed by atoms with Gasteiger partial charge in [0.2, 0.25) is 5.91 Å². The van der Waals surface area contributed by atoms with E-state index in [2.05, 4.69) is 6.07 Å². The zero-order valence-electron chi connectivity index (χ0n) is 9.57. The Kier molecular flexibility index (Phi) is 3.45. The number of carbonyl (C=O) groups is 1. The van der Waals surface area contributed by atoms with Crippen LogP contribution in [0.4, 0.5) is 0 Å². The molecule has 0 N–H and O–H groups in total. The van der Waals surface area contributed by atoms with Crippen LogP contribution >= 0.6 is 0 Å². The molecule has 0 aromatic heterocycles. The summed E-state index contributed by atoms with van der Waals surface area (Å²) >= 11 is 0. The van der Waals surface area contributed by atoms with Crippen molar-refractivity contribution in [3.63, 3.8) is 0 Å². The summed E-state index contributed by atoms with van der Waals surface area (Å²) < 4.78 is 5.24. The molecular formula is C12H18N2O2. The van der Waals surface area contributed by atoms with Gasteiger partial charge in [-0.1, -0.05) is 0 Å². The van der Waals surface area contributed by atoms with Crippen LogP contribution in [0.5, 0.6) is 0 Å². The zero-order chi connectivity index (χ0) is 11.4. The summed E-state index contributed by atoms with van der Waals surface area (Å²) in [4.78, 5) is 14.2. The summed E-state index contributed by atoms with van der Waals surface area (Å²) in [6.07, 6.45) is 4.46. The second kappa shape index (κ2) is 4.84. The van der Waals surface area contributed by atoms with Gasteiger partial charge in [-0.2, -0.15) is 5.26 Å².